The van der Waals surface area contributed by atoms with Crippen molar-refractivity contribution in [3.05, 3.63) is 85.1 Å². The molecular formula is C49H82O12S. The first-order valence-corrected chi connectivity index (χ1v) is 24.7. The van der Waals surface area contributed by atoms with Crippen molar-refractivity contribution in [2.75, 3.05) is 26.4 Å². The lowest BCUT2D eigenvalue weighted by molar-refractivity contribution is -0.301. The molecule has 0 amide bonds. The Labute approximate surface area is 374 Å². The van der Waals surface area contributed by atoms with Gasteiger partial charge < -0.3 is 34.3 Å². The van der Waals surface area contributed by atoms with Crippen LogP contribution >= 0.6 is 0 Å². The van der Waals surface area contributed by atoms with Crippen LogP contribution in [0.2, 0.25) is 0 Å². The van der Waals surface area contributed by atoms with Crippen LogP contribution in [0.1, 0.15) is 155 Å². The summed E-state index contributed by atoms with van der Waals surface area (Å²) in [7, 11) is -5.07. The Morgan fingerprint density at radius 1 is 0.629 bits per heavy atom. The minimum Gasteiger partial charge on any atom is -0.457 e. The summed E-state index contributed by atoms with van der Waals surface area (Å²) in [6, 6.07) is 0. The predicted molar refractivity (Wildman–Crippen MR) is 248 cm³/mol. The van der Waals surface area contributed by atoms with Crippen molar-refractivity contribution < 1.29 is 56.2 Å². The quantitative estimate of drug-likeness (QED) is 0.0199. The van der Waals surface area contributed by atoms with Gasteiger partial charge in [-0.25, -0.2) is 4.18 Å². The summed E-state index contributed by atoms with van der Waals surface area (Å²) in [5.41, 5.74) is 0. The Morgan fingerprint density at radius 3 is 1.63 bits per heavy atom. The van der Waals surface area contributed by atoms with Crippen molar-refractivity contribution in [1.29, 1.82) is 0 Å². The van der Waals surface area contributed by atoms with E-state index in [2.05, 4.69) is 103 Å². The molecule has 356 valence electrons. The van der Waals surface area contributed by atoms with Crippen LogP contribution < -0.4 is 0 Å². The normalized spacial score (nSPS) is 20.8. The molecule has 1 saturated heterocycles. The van der Waals surface area contributed by atoms with Crippen molar-refractivity contribution in [3.63, 3.8) is 0 Å². The van der Waals surface area contributed by atoms with Crippen molar-refractivity contribution in [2.24, 2.45) is 0 Å². The number of aliphatic hydroxyl groups is 3. The second-order valence-electron chi connectivity index (χ2n) is 15.6. The number of hydrogen-bond acceptors (Lipinski definition) is 11. The van der Waals surface area contributed by atoms with E-state index in [1.807, 2.05) is 0 Å². The molecule has 0 aliphatic carbocycles. The van der Waals surface area contributed by atoms with Crippen LogP contribution in [-0.4, -0.2) is 97.5 Å². The molecule has 0 aromatic carbocycles. The molecule has 4 N–H and O–H groups in total. The van der Waals surface area contributed by atoms with Crippen molar-refractivity contribution in [2.45, 2.75) is 192 Å². The summed E-state index contributed by atoms with van der Waals surface area (Å²) in [5, 5.41) is 30.7. The molecule has 1 rings (SSSR count). The number of allylic oxidation sites excluding steroid dienone is 14. The fourth-order valence-corrected chi connectivity index (χ4v) is 7.00. The summed E-state index contributed by atoms with van der Waals surface area (Å²) in [5.74, 6) is -0.427. The standard InChI is InChI=1S/C49H82O12S/c1-3-5-7-9-11-13-15-17-19-20-21-22-23-25-27-29-31-33-35-37-39-57-41-43(42-58-49-47(53)48(61-62(54,55)56)46(52)44(40-50)60-49)59-45(51)38-36-34-32-30-28-26-24-18-16-14-12-10-8-6-4-2/h5,7,11-14,17-19,21-22,24-25,27,43-44,46-50,52-53H,3-4,6,8-10,15-16,20,23,26,28-42H2,1-2H3,(H,54,55,56)/b7-5-,13-11-,14-12-,19-17-,22-21-,24-18-,27-25-. The highest BCUT2D eigenvalue weighted by molar-refractivity contribution is 7.80. The van der Waals surface area contributed by atoms with Gasteiger partial charge >= 0.3 is 16.4 Å². The van der Waals surface area contributed by atoms with E-state index in [9.17, 15) is 28.5 Å². The van der Waals surface area contributed by atoms with Gasteiger partial charge in [0.2, 0.25) is 0 Å². The van der Waals surface area contributed by atoms with Gasteiger partial charge in [-0.05, 0) is 89.9 Å². The molecule has 1 aliphatic rings. The Morgan fingerprint density at radius 2 is 1.11 bits per heavy atom. The molecule has 6 unspecified atom stereocenters. The molecule has 0 radical (unpaired) electrons. The third-order valence-electron chi connectivity index (χ3n) is 10.0. The van der Waals surface area contributed by atoms with E-state index in [0.29, 0.717) is 13.0 Å². The minimum atomic E-state index is -5.07. The molecular weight excluding hydrogens is 813 g/mol. The largest absolute Gasteiger partial charge is 0.457 e. The maximum absolute atomic E-state index is 12.9. The van der Waals surface area contributed by atoms with Gasteiger partial charge in [0.05, 0.1) is 19.8 Å². The van der Waals surface area contributed by atoms with E-state index in [0.717, 1.165) is 109 Å². The van der Waals surface area contributed by atoms with E-state index < -0.39 is 59.8 Å². The number of unbranched alkanes of at least 4 members (excludes halogenated alkanes) is 12. The molecule has 0 bridgehead atoms. The molecule has 1 aliphatic heterocycles. The fraction of sp³-hybridized carbons (Fsp3) is 0.694. The van der Waals surface area contributed by atoms with Gasteiger partial charge in [-0.1, -0.05) is 144 Å². The molecule has 0 spiro atoms. The van der Waals surface area contributed by atoms with Crippen molar-refractivity contribution in [1.82, 2.24) is 0 Å². The first-order chi connectivity index (χ1) is 30.1. The first-order valence-electron chi connectivity index (χ1n) is 23.3. The Hall–Kier alpha value is -2.72. The topological polar surface area (TPSA) is 178 Å². The maximum Gasteiger partial charge on any atom is 0.397 e. The second-order valence-corrected chi connectivity index (χ2v) is 16.7. The minimum absolute atomic E-state index is 0.00770. The van der Waals surface area contributed by atoms with E-state index in [-0.39, 0.29) is 19.6 Å². The third-order valence-corrected chi connectivity index (χ3v) is 10.5. The van der Waals surface area contributed by atoms with Crippen molar-refractivity contribution in [3.8, 4) is 0 Å². The Balaban J connectivity index is 2.45. The van der Waals surface area contributed by atoms with Crippen LogP contribution in [0, 0.1) is 0 Å². The van der Waals surface area contributed by atoms with E-state index in [1.54, 1.807) is 0 Å². The number of carbonyl (C=O) groups is 1. The first kappa shape index (κ1) is 57.3. The third kappa shape index (κ3) is 32.9. The van der Waals surface area contributed by atoms with Gasteiger partial charge in [0, 0.05) is 13.0 Å². The van der Waals surface area contributed by atoms with Gasteiger partial charge in [0.1, 0.15) is 30.5 Å². The molecule has 6 atom stereocenters. The Bertz CT molecular complexity index is 1400. The monoisotopic (exact) mass is 895 g/mol. The highest BCUT2D eigenvalue weighted by atomic mass is 32.3. The lowest BCUT2D eigenvalue weighted by atomic mass is 9.99. The second kappa shape index (κ2) is 39.8. The zero-order valence-corrected chi connectivity index (χ0v) is 38.7. The lowest BCUT2D eigenvalue weighted by Crippen LogP contribution is -2.60. The number of aliphatic hydroxyl groups excluding tert-OH is 3. The zero-order valence-electron chi connectivity index (χ0n) is 37.9. The SMILES string of the molecule is CC/C=C\C/C=C\C/C=C\C/C=C\C/C=C\CCCCCCOCC(COC1OC(CO)C(O)C(OS(=O)(=O)O)C1O)OC(=O)CCCCCCC/C=C\C/C=C\CCCCC. The molecule has 0 aromatic rings. The Kier molecular flexibility index (Phi) is 36.8. The smallest absolute Gasteiger partial charge is 0.397 e. The summed E-state index contributed by atoms with van der Waals surface area (Å²) < 4.78 is 59.1. The van der Waals surface area contributed by atoms with Gasteiger partial charge in [0.25, 0.3) is 0 Å². The lowest BCUT2D eigenvalue weighted by Gasteiger charge is -2.41. The summed E-state index contributed by atoms with van der Waals surface area (Å²) >= 11 is 0. The average Bonchev–Trinajstić information content (AvgIpc) is 3.24. The molecule has 1 heterocycles. The molecule has 12 nitrogen and oxygen atoms in total. The number of hydrogen-bond donors (Lipinski definition) is 4. The number of esters is 1. The van der Waals surface area contributed by atoms with Crippen LogP contribution in [0.3, 0.4) is 0 Å². The summed E-state index contributed by atoms with van der Waals surface area (Å²) in [6.45, 7) is 3.75. The van der Waals surface area contributed by atoms with E-state index >= 15 is 0 Å². The number of carbonyl (C=O) groups excluding carboxylic acids is 1. The highest BCUT2D eigenvalue weighted by Crippen LogP contribution is 2.26. The molecule has 62 heavy (non-hydrogen) atoms. The predicted octanol–water partition coefficient (Wildman–Crippen LogP) is 10.1. The number of ether oxygens (including phenoxy) is 4. The van der Waals surface area contributed by atoms with Crippen LogP contribution in [0.15, 0.2) is 85.1 Å². The van der Waals surface area contributed by atoms with Crippen LogP contribution in [0.4, 0.5) is 0 Å². The molecule has 1 fully saturated rings. The van der Waals surface area contributed by atoms with Gasteiger partial charge in [-0.3, -0.25) is 9.35 Å². The van der Waals surface area contributed by atoms with E-state index in [1.165, 1.54) is 19.3 Å². The molecule has 0 aromatic heterocycles. The molecule has 13 heteroatoms. The zero-order chi connectivity index (χ0) is 45.4. The van der Waals surface area contributed by atoms with Gasteiger partial charge in [-0.15, -0.1) is 0 Å². The van der Waals surface area contributed by atoms with Gasteiger partial charge in [0.15, 0.2) is 6.29 Å². The highest BCUT2D eigenvalue weighted by Gasteiger charge is 2.48. The number of rotatable bonds is 39. The maximum atomic E-state index is 12.9. The van der Waals surface area contributed by atoms with Crippen LogP contribution in [0.25, 0.3) is 0 Å². The molecule has 0 saturated carbocycles. The summed E-state index contributed by atoms with van der Waals surface area (Å²) in [6.07, 6.45) is 43.2. The summed E-state index contributed by atoms with van der Waals surface area (Å²) in [4.78, 5) is 12.9. The van der Waals surface area contributed by atoms with Gasteiger partial charge in [-0.2, -0.15) is 8.42 Å². The average molecular weight is 895 g/mol. The van der Waals surface area contributed by atoms with Crippen molar-refractivity contribution >= 4 is 16.4 Å². The van der Waals surface area contributed by atoms with E-state index in [4.69, 9.17) is 23.5 Å². The van der Waals surface area contributed by atoms with Crippen LogP contribution in [0.5, 0.6) is 0 Å². The van der Waals surface area contributed by atoms with Crippen LogP contribution in [-0.2, 0) is 38.3 Å². The fourth-order valence-electron chi connectivity index (χ4n) is 6.49.